The van der Waals surface area contributed by atoms with Crippen LogP contribution in [0.4, 0.5) is 0 Å². The van der Waals surface area contributed by atoms with Gasteiger partial charge in [0.15, 0.2) is 0 Å². The molecule has 0 bridgehead atoms. The van der Waals surface area contributed by atoms with Crippen LogP contribution < -0.4 is 0 Å². The summed E-state index contributed by atoms with van der Waals surface area (Å²) >= 11 is 1.77. The molecule has 0 spiro atoms. The summed E-state index contributed by atoms with van der Waals surface area (Å²) in [5.74, 6) is 0. The highest BCUT2D eigenvalue weighted by molar-refractivity contribution is 7.98. The molecule has 0 aliphatic rings. The van der Waals surface area contributed by atoms with Crippen LogP contribution in [-0.4, -0.2) is 50.1 Å². The maximum Gasteiger partial charge on any atom is 0.631 e. The summed E-state index contributed by atoms with van der Waals surface area (Å²) in [7, 11) is -2.17. The Balaban J connectivity index is 0. The van der Waals surface area contributed by atoms with Gasteiger partial charge in [-0.1, -0.05) is 18.2 Å². The molecule has 0 radical (unpaired) electrons. The predicted octanol–water partition coefficient (Wildman–Crippen LogP) is 0.885. The van der Waals surface area contributed by atoms with Crippen LogP contribution in [0.2, 0.25) is 0 Å². The molecule has 0 aromatic heterocycles. The van der Waals surface area contributed by atoms with E-state index in [1.54, 1.807) is 39.5 Å². The molecule has 1 rings (SSSR count). The highest BCUT2D eigenvalue weighted by atomic mass is 32.2. The van der Waals surface area contributed by atoms with E-state index in [0.29, 0.717) is 0 Å². The molecular weight excluding hydrogens is 279 g/mol. The summed E-state index contributed by atoms with van der Waals surface area (Å²) in [5.41, 5.74) is -2.01. The molecular formula is C13H25BO5S. The monoisotopic (exact) mass is 304 g/mol. The van der Waals surface area contributed by atoms with Crippen molar-refractivity contribution in [2.24, 2.45) is 0 Å². The topological polar surface area (TPSA) is 101 Å². The molecule has 1 aromatic carbocycles. The lowest BCUT2D eigenvalue weighted by Gasteiger charge is -2.31. The van der Waals surface area contributed by atoms with Gasteiger partial charge in [-0.15, -0.1) is 11.8 Å². The van der Waals surface area contributed by atoms with Gasteiger partial charge in [0.05, 0.1) is 11.2 Å². The standard InChI is InChI=1S/C7H8S.C6H14O2.BH3O3/c1-8-7-5-3-2-4-6-7;1-5(2,7)6(3,4)8;2-1(3)4/h2-6H,1H3;7-8H,1-4H3;2-4H. The number of hydrogen-bond donors (Lipinski definition) is 5. The lowest BCUT2D eigenvalue weighted by molar-refractivity contribution is -0.107. The Morgan fingerprint density at radius 3 is 1.30 bits per heavy atom. The SMILES string of the molecule is CC(C)(O)C(C)(C)O.CSc1ccccc1.OB(O)O. The summed E-state index contributed by atoms with van der Waals surface area (Å²) in [6, 6.07) is 10.3. The Hall–Kier alpha value is -0.565. The molecule has 0 amide bonds. The van der Waals surface area contributed by atoms with Crippen LogP contribution in [0, 0.1) is 0 Å². The summed E-state index contributed by atoms with van der Waals surface area (Å²) in [6.07, 6.45) is 2.08. The van der Waals surface area contributed by atoms with Crippen LogP contribution in [0.25, 0.3) is 0 Å². The Kier molecular flexibility index (Phi) is 11.1. The molecule has 0 aliphatic carbocycles. The maximum absolute atomic E-state index is 9.10. The van der Waals surface area contributed by atoms with Crippen LogP contribution in [0.1, 0.15) is 27.7 Å². The first-order chi connectivity index (χ1) is 8.91. The van der Waals surface area contributed by atoms with E-state index in [9.17, 15) is 0 Å². The van der Waals surface area contributed by atoms with Crippen molar-refractivity contribution in [1.29, 1.82) is 0 Å². The number of aliphatic hydroxyl groups is 2. The summed E-state index contributed by atoms with van der Waals surface area (Å²) in [6.45, 7) is 6.31. The van der Waals surface area contributed by atoms with Crippen molar-refractivity contribution in [3.63, 3.8) is 0 Å². The Bertz CT molecular complexity index is 318. The molecule has 0 heterocycles. The molecule has 5 nitrogen and oxygen atoms in total. The fourth-order valence-electron chi connectivity index (χ4n) is 0.557. The number of thioether (sulfide) groups is 1. The van der Waals surface area contributed by atoms with Gasteiger partial charge < -0.3 is 25.3 Å². The van der Waals surface area contributed by atoms with Gasteiger partial charge in [-0.2, -0.15) is 0 Å². The quantitative estimate of drug-likeness (QED) is 0.411. The van der Waals surface area contributed by atoms with Gasteiger partial charge >= 0.3 is 7.32 Å². The zero-order chi connectivity index (χ0) is 16.4. The average Bonchev–Trinajstić information content (AvgIpc) is 2.27. The molecule has 0 atom stereocenters. The van der Waals surface area contributed by atoms with E-state index in [-0.39, 0.29) is 0 Å². The fraction of sp³-hybridized carbons (Fsp3) is 0.538. The minimum Gasteiger partial charge on any atom is -0.402 e. The minimum atomic E-state index is -2.17. The van der Waals surface area contributed by atoms with E-state index >= 15 is 0 Å². The Morgan fingerprint density at radius 2 is 1.15 bits per heavy atom. The van der Waals surface area contributed by atoms with Crippen molar-refractivity contribution in [3.8, 4) is 0 Å². The van der Waals surface area contributed by atoms with Crippen LogP contribution >= 0.6 is 11.8 Å². The number of rotatable bonds is 2. The van der Waals surface area contributed by atoms with Gasteiger partial charge in [-0.05, 0) is 46.1 Å². The zero-order valence-corrected chi connectivity index (χ0v) is 13.4. The molecule has 0 unspecified atom stereocenters. The average molecular weight is 304 g/mol. The van der Waals surface area contributed by atoms with Gasteiger partial charge in [-0.3, -0.25) is 0 Å². The first kappa shape index (κ1) is 21.7. The highest BCUT2D eigenvalue weighted by Gasteiger charge is 2.31. The van der Waals surface area contributed by atoms with Crippen LogP contribution in [-0.2, 0) is 0 Å². The van der Waals surface area contributed by atoms with Crippen molar-refractivity contribution in [2.75, 3.05) is 6.26 Å². The molecule has 5 N–H and O–H groups in total. The van der Waals surface area contributed by atoms with E-state index in [1.807, 2.05) is 18.2 Å². The van der Waals surface area contributed by atoms with Crippen molar-refractivity contribution < 1.29 is 25.3 Å². The maximum atomic E-state index is 9.10. The first-order valence-corrected chi connectivity index (χ1v) is 7.22. The minimum absolute atomic E-state index is 1.01. The molecule has 116 valence electrons. The van der Waals surface area contributed by atoms with Gasteiger partial charge in [0, 0.05) is 4.90 Å². The van der Waals surface area contributed by atoms with Gasteiger partial charge in [0.1, 0.15) is 0 Å². The van der Waals surface area contributed by atoms with Gasteiger partial charge in [0.2, 0.25) is 0 Å². The number of hydrogen-bond acceptors (Lipinski definition) is 6. The van der Waals surface area contributed by atoms with Crippen molar-refractivity contribution >= 4 is 19.1 Å². The lowest BCUT2D eigenvalue weighted by Crippen LogP contribution is -2.44. The van der Waals surface area contributed by atoms with Crippen molar-refractivity contribution in [2.45, 2.75) is 43.8 Å². The van der Waals surface area contributed by atoms with E-state index in [0.717, 1.165) is 0 Å². The van der Waals surface area contributed by atoms with E-state index in [4.69, 9.17) is 25.3 Å². The first-order valence-electron chi connectivity index (χ1n) is 5.99. The second-order valence-corrected chi connectivity index (χ2v) is 5.86. The molecule has 1 aromatic rings. The zero-order valence-electron chi connectivity index (χ0n) is 12.6. The smallest absolute Gasteiger partial charge is 0.402 e. The number of benzene rings is 1. The second kappa shape index (κ2) is 10.2. The molecule has 0 saturated heterocycles. The Labute approximate surface area is 125 Å². The van der Waals surface area contributed by atoms with Crippen LogP contribution in [0.5, 0.6) is 0 Å². The Morgan fingerprint density at radius 1 is 0.850 bits per heavy atom. The molecule has 0 saturated carbocycles. The molecule has 20 heavy (non-hydrogen) atoms. The normalized spacial score (nSPS) is 10.7. The summed E-state index contributed by atoms with van der Waals surface area (Å²) in [5, 5.41) is 39.7. The van der Waals surface area contributed by atoms with Crippen LogP contribution in [0.3, 0.4) is 0 Å². The molecule has 0 fully saturated rings. The third kappa shape index (κ3) is 13.9. The third-order valence-corrected chi connectivity index (χ3v) is 3.22. The third-order valence-electron chi connectivity index (χ3n) is 2.48. The lowest BCUT2D eigenvalue weighted by atomic mass is 9.90. The fourth-order valence-corrected chi connectivity index (χ4v) is 0.986. The van der Waals surface area contributed by atoms with E-state index < -0.39 is 18.5 Å². The second-order valence-electron chi connectivity index (χ2n) is 4.98. The summed E-state index contributed by atoms with van der Waals surface area (Å²) in [4.78, 5) is 1.33. The van der Waals surface area contributed by atoms with Gasteiger partial charge in [0.25, 0.3) is 0 Å². The van der Waals surface area contributed by atoms with Crippen LogP contribution in [0.15, 0.2) is 35.2 Å². The predicted molar refractivity (Wildman–Crippen MR) is 83.2 cm³/mol. The van der Waals surface area contributed by atoms with E-state index in [1.165, 1.54) is 4.90 Å². The molecule has 7 heteroatoms. The highest BCUT2D eigenvalue weighted by Crippen LogP contribution is 2.19. The van der Waals surface area contributed by atoms with E-state index in [2.05, 4.69) is 18.4 Å². The summed E-state index contributed by atoms with van der Waals surface area (Å²) < 4.78 is 0. The van der Waals surface area contributed by atoms with Crippen molar-refractivity contribution in [1.82, 2.24) is 0 Å². The largest absolute Gasteiger partial charge is 0.631 e. The van der Waals surface area contributed by atoms with Crippen molar-refractivity contribution in [3.05, 3.63) is 30.3 Å². The molecule has 0 aliphatic heterocycles. The van der Waals surface area contributed by atoms with Gasteiger partial charge in [-0.25, -0.2) is 0 Å².